The minimum Gasteiger partial charge on any atom is -0.480 e. The van der Waals surface area contributed by atoms with Crippen LogP contribution in [0.5, 0.6) is 0 Å². The summed E-state index contributed by atoms with van der Waals surface area (Å²) >= 11 is 1.74. The van der Waals surface area contributed by atoms with Crippen molar-refractivity contribution in [3.05, 3.63) is 39.6 Å². The molecule has 29 heavy (non-hydrogen) atoms. The molecule has 0 spiro atoms. The number of carbonyl (C=O) groups is 1. The fourth-order valence-corrected chi connectivity index (χ4v) is 4.77. The summed E-state index contributed by atoms with van der Waals surface area (Å²) in [6.45, 7) is 0.286. The summed E-state index contributed by atoms with van der Waals surface area (Å²) in [6.07, 6.45) is -1.30. The topological polar surface area (TPSA) is 64.3 Å². The van der Waals surface area contributed by atoms with Crippen molar-refractivity contribution >= 4 is 28.6 Å². The Hall–Kier alpha value is -1.62. The third-order valence-electron chi connectivity index (χ3n) is 5.19. The lowest BCUT2D eigenvalue weighted by molar-refractivity contribution is -0.145. The van der Waals surface area contributed by atoms with E-state index in [1.54, 1.807) is 46.9 Å². The van der Waals surface area contributed by atoms with Gasteiger partial charge in [-0.1, -0.05) is 30.3 Å². The lowest BCUT2D eigenvalue weighted by Crippen LogP contribution is -2.25. The van der Waals surface area contributed by atoms with E-state index in [9.17, 15) is 18.0 Å². The Bertz CT molecular complexity index is 831. The minimum atomic E-state index is -4.47. The number of halogens is 4. The van der Waals surface area contributed by atoms with Crippen LogP contribution in [-0.2, 0) is 22.3 Å². The summed E-state index contributed by atoms with van der Waals surface area (Å²) in [5.41, 5.74) is 0.332. The third kappa shape index (κ3) is 5.71. The molecule has 1 fully saturated rings. The highest BCUT2D eigenvalue weighted by atomic mass is 127. The first kappa shape index (κ1) is 22.1. The number of rotatable bonds is 7. The van der Waals surface area contributed by atoms with Gasteiger partial charge in [0.2, 0.25) is 0 Å². The van der Waals surface area contributed by atoms with Gasteiger partial charge in [-0.25, -0.2) is 4.79 Å². The van der Waals surface area contributed by atoms with Gasteiger partial charge in [0.25, 0.3) is 0 Å². The van der Waals surface area contributed by atoms with Crippen LogP contribution in [0, 0.1) is 15.4 Å². The molecule has 0 unspecified atom stereocenters. The number of carboxylic acid groups (broad SMARTS) is 1. The van der Waals surface area contributed by atoms with Crippen LogP contribution in [-0.4, -0.2) is 34.1 Å². The number of aromatic nitrogens is 2. The summed E-state index contributed by atoms with van der Waals surface area (Å²) in [7, 11) is 0. The first-order chi connectivity index (χ1) is 13.8. The molecule has 158 valence electrons. The monoisotopic (exact) mass is 522 g/mol. The zero-order chi connectivity index (χ0) is 21.0. The fraction of sp³-hybridized carbons (Fsp3) is 0.500. The zero-order valence-electron chi connectivity index (χ0n) is 15.7. The van der Waals surface area contributed by atoms with Crippen molar-refractivity contribution in [2.75, 3.05) is 13.2 Å². The third-order valence-corrected chi connectivity index (χ3v) is 6.21. The molecule has 0 atom stereocenters. The first-order valence-electron chi connectivity index (χ1n) is 9.44. The maximum absolute atomic E-state index is 13.7. The van der Waals surface area contributed by atoms with E-state index in [1.165, 1.54) is 0 Å². The van der Waals surface area contributed by atoms with Crippen LogP contribution in [0.25, 0.3) is 11.3 Å². The molecule has 5 nitrogen and oxygen atoms in total. The van der Waals surface area contributed by atoms with Gasteiger partial charge in [0.1, 0.15) is 12.3 Å². The van der Waals surface area contributed by atoms with E-state index in [0.717, 1.165) is 30.4 Å². The lowest BCUT2D eigenvalue weighted by Gasteiger charge is -2.28. The van der Waals surface area contributed by atoms with E-state index in [0.29, 0.717) is 17.9 Å². The molecule has 1 aromatic carbocycles. The number of hydrogen-bond donors (Lipinski definition) is 1. The summed E-state index contributed by atoms with van der Waals surface area (Å²) in [5.74, 6) is -0.641. The number of aliphatic carboxylic acids is 1. The largest absolute Gasteiger partial charge is 0.480 e. The highest BCUT2D eigenvalue weighted by Crippen LogP contribution is 2.39. The molecular weight excluding hydrogens is 500 g/mol. The van der Waals surface area contributed by atoms with E-state index in [1.807, 2.05) is 6.07 Å². The highest BCUT2D eigenvalue weighted by molar-refractivity contribution is 14.1. The summed E-state index contributed by atoms with van der Waals surface area (Å²) in [6, 6.07) is 8.90. The predicted molar refractivity (Wildman–Crippen MR) is 109 cm³/mol. The number of nitrogens with zero attached hydrogens (tertiary/aromatic N) is 2. The van der Waals surface area contributed by atoms with Crippen LogP contribution in [0.4, 0.5) is 13.2 Å². The molecule has 1 aliphatic carbocycles. The number of benzene rings is 1. The molecule has 0 amide bonds. The van der Waals surface area contributed by atoms with Gasteiger partial charge >= 0.3 is 12.1 Å². The van der Waals surface area contributed by atoms with Gasteiger partial charge in [-0.15, -0.1) is 0 Å². The normalized spacial score (nSPS) is 20.0. The molecule has 0 aliphatic heterocycles. The van der Waals surface area contributed by atoms with Gasteiger partial charge < -0.3 is 9.84 Å². The number of carboxylic acids is 1. The van der Waals surface area contributed by atoms with E-state index in [-0.39, 0.29) is 28.6 Å². The molecule has 0 saturated heterocycles. The van der Waals surface area contributed by atoms with Crippen LogP contribution in [0.3, 0.4) is 0 Å². The Labute approximate surface area is 180 Å². The molecule has 1 aliphatic rings. The minimum absolute atomic E-state index is 0.103. The molecule has 1 saturated carbocycles. The molecule has 0 bridgehead atoms. The SMILES string of the molecule is O=C(O)COCC1CCC(Cn2nc(-c3ccccc3)c(I)c2C(F)(F)F)CC1. The van der Waals surface area contributed by atoms with E-state index in [2.05, 4.69) is 5.10 Å². The van der Waals surface area contributed by atoms with Gasteiger partial charge in [-0.05, 0) is 60.1 Å². The first-order valence-corrected chi connectivity index (χ1v) is 10.5. The fourth-order valence-electron chi connectivity index (χ4n) is 3.76. The van der Waals surface area contributed by atoms with Gasteiger partial charge in [0, 0.05) is 12.1 Å². The Kier molecular flexibility index (Phi) is 7.20. The summed E-state index contributed by atoms with van der Waals surface area (Å²) in [4.78, 5) is 10.5. The smallest absolute Gasteiger partial charge is 0.434 e. The maximum Gasteiger partial charge on any atom is 0.434 e. The Morgan fingerprint density at radius 2 is 1.79 bits per heavy atom. The number of hydrogen-bond acceptors (Lipinski definition) is 3. The van der Waals surface area contributed by atoms with E-state index < -0.39 is 17.8 Å². The Morgan fingerprint density at radius 1 is 1.17 bits per heavy atom. The maximum atomic E-state index is 13.7. The number of alkyl halides is 3. The second kappa shape index (κ2) is 9.46. The molecule has 1 aromatic heterocycles. The zero-order valence-corrected chi connectivity index (χ0v) is 17.8. The van der Waals surface area contributed by atoms with Crippen molar-refractivity contribution in [2.24, 2.45) is 11.8 Å². The van der Waals surface area contributed by atoms with Crippen molar-refractivity contribution in [1.29, 1.82) is 0 Å². The molecule has 1 heterocycles. The van der Waals surface area contributed by atoms with Crippen LogP contribution in [0.2, 0.25) is 0 Å². The van der Waals surface area contributed by atoms with Gasteiger partial charge in [-0.2, -0.15) is 18.3 Å². The molecule has 2 aromatic rings. The molecule has 0 radical (unpaired) electrons. The Balaban J connectivity index is 1.70. The molecular formula is C20H22F3IN2O3. The van der Waals surface area contributed by atoms with Crippen molar-refractivity contribution in [1.82, 2.24) is 9.78 Å². The predicted octanol–water partition coefficient (Wildman–Crippen LogP) is 5.08. The molecule has 9 heteroatoms. The second-order valence-corrected chi connectivity index (χ2v) is 8.43. The van der Waals surface area contributed by atoms with Crippen LogP contribution in [0.1, 0.15) is 31.4 Å². The molecule has 1 N–H and O–H groups in total. The lowest BCUT2D eigenvalue weighted by atomic mass is 9.82. The van der Waals surface area contributed by atoms with Gasteiger partial charge in [0.05, 0.1) is 10.2 Å². The van der Waals surface area contributed by atoms with Crippen molar-refractivity contribution in [3.63, 3.8) is 0 Å². The van der Waals surface area contributed by atoms with Crippen molar-refractivity contribution in [3.8, 4) is 11.3 Å². The summed E-state index contributed by atoms with van der Waals surface area (Å²) < 4.78 is 47.6. The van der Waals surface area contributed by atoms with Crippen LogP contribution >= 0.6 is 22.6 Å². The van der Waals surface area contributed by atoms with Crippen LogP contribution in [0.15, 0.2) is 30.3 Å². The average Bonchev–Trinajstić information content (AvgIpc) is 3.00. The number of ether oxygens (including phenoxy) is 1. The van der Waals surface area contributed by atoms with Crippen molar-refractivity contribution < 1.29 is 27.8 Å². The quantitative estimate of drug-likeness (QED) is 0.516. The standard InChI is InChI=1S/C20H22F3IN2O3/c21-20(22,23)19-17(24)18(15-4-2-1-3-5-15)25-26(19)10-13-6-8-14(9-7-13)11-29-12-16(27)28/h1-5,13-14H,6-12H2,(H,27,28). The van der Waals surface area contributed by atoms with Gasteiger partial charge in [-0.3, -0.25) is 4.68 Å². The second-order valence-electron chi connectivity index (χ2n) is 7.35. The highest BCUT2D eigenvalue weighted by Gasteiger charge is 2.40. The average molecular weight is 522 g/mol. The van der Waals surface area contributed by atoms with E-state index in [4.69, 9.17) is 9.84 Å². The van der Waals surface area contributed by atoms with Crippen LogP contribution < -0.4 is 0 Å². The summed E-state index contributed by atoms with van der Waals surface area (Å²) in [5, 5.41) is 12.9. The van der Waals surface area contributed by atoms with Crippen molar-refractivity contribution in [2.45, 2.75) is 38.4 Å². The Morgan fingerprint density at radius 3 is 2.38 bits per heavy atom. The van der Waals surface area contributed by atoms with Gasteiger partial charge in [0.15, 0.2) is 5.69 Å². The van der Waals surface area contributed by atoms with E-state index >= 15 is 0 Å². The molecule has 3 rings (SSSR count).